The number of rotatable bonds is 2. The van der Waals surface area contributed by atoms with Gasteiger partial charge in [-0.25, -0.2) is 4.79 Å². The number of aromatic carboxylic acids is 1. The summed E-state index contributed by atoms with van der Waals surface area (Å²) in [5, 5.41) is 11.7. The Labute approximate surface area is 87.3 Å². The van der Waals surface area contributed by atoms with E-state index in [9.17, 15) is 18.0 Å². The van der Waals surface area contributed by atoms with Crippen LogP contribution in [-0.4, -0.2) is 27.0 Å². The second-order valence-corrected chi connectivity index (χ2v) is 3.19. The molecule has 0 aliphatic carbocycles. The lowest BCUT2D eigenvalue weighted by molar-refractivity contribution is -0.127. The van der Waals surface area contributed by atoms with Crippen LogP contribution in [0.5, 0.6) is 0 Å². The summed E-state index contributed by atoms with van der Waals surface area (Å²) >= 11 is 5.49. The van der Waals surface area contributed by atoms with Crippen LogP contribution in [0.15, 0.2) is 0 Å². The minimum Gasteiger partial charge on any atom is -0.478 e. The fourth-order valence-corrected chi connectivity index (χ4v) is 1.31. The summed E-state index contributed by atoms with van der Waals surface area (Å²) in [7, 11) is 1.27. The third kappa shape index (κ3) is 2.62. The Hall–Kier alpha value is -1.24. The molecule has 0 bridgehead atoms. The quantitative estimate of drug-likeness (QED) is 0.861. The maximum atomic E-state index is 12.0. The Balaban J connectivity index is 3.18. The van der Waals surface area contributed by atoms with Crippen LogP contribution in [0.25, 0.3) is 0 Å². The van der Waals surface area contributed by atoms with E-state index in [2.05, 4.69) is 5.10 Å². The van der Waals surface area contributed by atoms with Gasteiger partial charge in [0.25, 0.3) is 0 Å². The molecule has 4 nitrogen and oxygen atoms in total. The predicted octanol–water partition coefficient (Wildman–Crippen LogP) is 1.88. The normalized spacial score (nSPS) is 11.8. The molecule has 0 aromatic carbocycles. The van der Waals surface area contributed by atoms with E-state index >= 15 is 0 Å². The molecular formula is C7H6ClF3N2O2. The average molecular weight is 243 g/mol. The molecule has 0 saturated heterocycles. The number of aromatic nitrogens is 2. The van der Waals surface area contributed by atoms with Crippen molar-refractivity contribution < 1.29 is 23.1 Å². The molecule has 0 unspecified atom stereocenters. The van der Waals surface area contributed by atoms with Crippen molar-refractivity contribution in [2.45, 2.75) is 12.6 Å². The topological polar surface area (TPSA) is 55.1 Å². The number of nitrogens with zero attached hydrogens (tertiary/aromatic N) is 2. The molecule has 0 aliphatic heterocycles. The number of carboxylic acids is 1. The van der Waals surface area contributed by atoms with Gasteiger partial charge in [-0.1, -0.05) is 11.6 Å². The fraction of sp³-hybridized carbons (Fsp3) is 0.429. The molecular weight excluding hydrogens is 237 g/mol. The number of alkyl halides is 3. The largest absolute Gasteiger partial charge is 0.478 e. The summed E-state index contributed by atoms with van der Waals surface area (Å²) in [6.45, 7) is 0. The molecule has 1 aromatic heterocycles. The van der Waals surface area contributed by atoms with Crippen molar-refractivity contribution in [3.05, 3.63) is 16.4 Å². The summed E-state index contributed by atoms with van der Waals surface area (Å²) in [4.78, 5) is 10.6. The Morgan fingerprint density at radius 3 is 2.53 bits per heavy atom. The van der Waals surface area contributed by atoms with E-state index in [0.717, 1.165) is 4.68 Å². The van der Waals surface area contributed by atoms with E-state index in [0.29, 0.717) is 0 Å². The number of halogens is 4. The van der Waals surface area contributed by atoms with E-state index in [1.807, 2.05) is 0 Å². The minimum absolute atomic E-state index is 0.318. The van der Waals surface area contributed by atoms with Crippen molar-refractivity contribution >= 4 is 17.6 Å². The highest BCUT2D eigenvalue weighted by Gasteiger charge is 2.33. The van der Waals surface area contributed by atoms with Crippen molar-refractivity contribution in [1.82, 2.24) is 9.78 Å². The molecule has 0 spiro atoms. The Kier molecular flexibility index (Phi) is 2.94. The van der Waals surface area contributed by atoms with Crippen LogP contribution in [0, 0.1) is 0 Å². The van der Waals surface area contributed by atoms with Gasteiger partial charge in [0, 0.05) is 7.05 Å². The smallest absolute Gasteiger partial charge is 0.394 e. The number of carbonyl (C=O) groups is 1. The zero-order chi connectivity index (χ0) is 11.8. The molecule has 1 rings (SSSR count). The van der Waals surface area contributed by atoms with Crippen molar-refractivity contribution in [3.63, 3.8) is 0 Å². The lowest BCUT2D eigenvalue weighted by Crippen LogP contribution is -2.14. The molecule has 0 saturated carbocycles. The first kappa shape index (κ1) is 11.8. The molecule has 1 N–H and O–H groups in total. The van der Waals surface area contributed by atoms with Crippen molar-refractivity contribution in [2.24, 2.45) is 7.05 Å². The highest BCUT2D eigenvalue weighted by Crippen LogP contribution is 2.26. The van der Waals surface area contributed by atoms with Crippen LogP contribution in [-0.2, 0) is 13.5 Å². The number of hydrogen-bond donors (Lipinski definition) is 1. The van der Waals surface area contributed by atoms with Crippen molar-refractivity contribution in [2.75, 3.05) is 0 Å². The van der Waals surface area contributed by atoms with Crippen LogP contribution >= 0.6 is 11.6 Å². The molecule has 1 heterocycles. The molecule has 0 fully saturated rings. The molecule has 8 heteroatoms. The number of hydrogen-bond acceptors (Lipinski definition) is 2. The van der Waals surface area contributed by atoms with Gasteiger partial charge in [0.15, 0.2) is 0 Å². The van der Waals surface area contributed by atoms with Gasteiger partial charge >= 0.3 is 12.1 Å². The van der Waals surface area contributed by atoms with Crippen LogP contribution < -0.4 is 0 Å². The highest BCUT2D eigenvalue weighted by molar-refractivity contribution is 6.32. The first-order valence-corrected chi connectivity index (χ1v) is 4.11. The van der Waals surface area contributed by atoms with Gasteiger partial charge in [-0.15, -0.1) is 0 Å². The van der Waals surface area contributed by atoms with Gasteiger partial charge in [-0.05, 0) is 0 Å². The van der Waals surface area contributed by atoms with Gasteiger partial charge in [-0.2, -0.15) is 18.3 Å². The van der Waals surface area contributed by atoms with Crippen LogP contribution in [0.4, 0.5) is 13.2 Å². The van der Waals surface area contributed by atoms with Gasteiger partial charge in [0.05, 0.1) is 12.1 Å². The second kappa shape index (κ2) is 3.73. The van der Waals surface area contributed by atoms with E-state index in [-0.39, 0.29) is 5.15 Å². The van der Waals surface area contributed by atoms with Crippen molar-refractivity contribution in [3.8, 4) is 0 Å². The van der Waals surface area contributed by atoms with Crippen LogP contribution in [0.2, 0.25) is 5.15 Å². The summed E-state index contributed by atoms with van der Waals surface area (Å²) in [6, 6.07) is 0. The Bertz CT molecular complexity index is 400. The standard InChI is InChI=1S/C7H6ClF3N2O2/c1-13-5(8)4(6(14)15)3(12-13)2-7(9,10)11/h2H2,1H3,(H,14,15). The molecule has 0 aliphatic rings. The molecule has 15 heavy (non-hydrogen) atoms. The van der Waals surface area contributed by atoms with E-state index < -0.39 is 29.8 Å². The zero-order valence-electron chi connectivity index (χ0n) is 7.47. The average Bonchev–Trinajstić information content (AvgIpc) is 2.23. The van der Waals surface area contributed by atoms with E-state index in [1.165, 1.54) is 7.05 Å². The lowest BCUT2D eigenvalue weighted by Gasteiger charge is -2.03. The molecule has 0 radical (unpaired) electrons. The van der Waals surface area contributed by atoms with E-state index in [4.69, 9.17) is 16.7 Å². The lowest BCUT2D eigenvalue weighted by atomic mass is 10.2. The maximum absolute atomic E-state index is 12.0. The summed E-state index contributed by atoms with van der Waals surface area (Å²) in [6.07, 6.45) is -5.92. The predicted molar refractivity (Wildman–Crippen MR) is 44.9 cm³/mol. The summed E-state index contributed by atoms with van der Waals surface area (Å²) in [5.41, 5.74) is -1.18. The maximum Gasteiger partial charge on any atom is 0.394 e. The molecule has 0 amide bonds. The van der Waals surface area contributed by atoms with Crippen LogP contribution in [0.1, 0.15) is 16.1 Å². The molecule has 1 aromatic rings. The highest BCUT2D eigenvalue weighted by atomic mass is 35.5. The van der Waals surface area contributed by atoms with Crippen molar-refractivity contribution in [1.29, 1.82) is 0 Å². The molecule has 0 atom stereocenters. The summed E-state index contributed by atoms with van der Waals surface area (Å²) < 4.78 is 37.0. The SMILES string of the molecule is Cn1nc(CC(F)(F)F)c(C(=O)O)c1Cl. The monoisotopic (exact) mass is 242 g/mol. The third-order valence-corrected chi connectivity index (χ3v) is 2.07. The Morgan fingerprint density at radius 1 is 1.60 bits per heavy atom. The third-order valence-electron chi connectivity index (χ3n) is 1.63. The zero-order valence-corrected chi connectivity index (χ0v) is 8.22. The number of aryl methyl sites for hydroxylation is 1. The second-order valence-electron chi connectivity index (χ2n) is 2.83. The number of carboxylic acid groups (broad SMARTS) is 1. The minimum atomic E-state index is -4.51. The first-order valence-electron chi connectivity index (χ1n) is 3.74. The fourth-order valence-electron chi connectivity index (χ4n) is 1.08. The Morgan fingerprint density at radius 2 is 2.13 bits per heavy atom. The van der Waals surface area contributed by atoms with Gasteiger partial charge in [-0.3, -0.25) is 4.68 Å². The van der Waals surface area contributed by atoms with Crippen LogP contribution in [0.3, 0.4) is 0 Å². The first-order chi connectivity index (χ1) is 6.72. The van der Waals surface area contributed by atoms with E-state index in [1.54, 1.807) is 0 Å². The van der Waals surface area contributed by atoms with Gasteiger partial charge < -0.3 is 5.11 Å². The summed E-state index contributed by atoms with van der Waals surface area (Å²) in [5.74, 6) is -1.52. The van der Waals surface area contributed by atoms with Gasteiger partial charge in [0.1, 0.15) is 10.7 Å². The molecule has 84 valence electrons. The van der Waals surface area contributed by atoms with Gasteiger partial charge in [0.2, 0.25) is 0 Å².